The second-order valence-electron chi connectivity index (χ2n) is 7.37. The van der Waals surface area contributed by atoms with Crippen LogP contribution in [0.4, 0.5) is 13.2 Å². The minimum Gasteiger partial charge on any atom is -0.493 e. The van der Waals surface area contributed by atoms with Crippen molar-refractivity contribution in [1.29, 1.82) is 0 Å². The molecule has 33 heavy (non-hydrogen) atoms. The fourth-order valence-electron chi connectivity index (χ4n) is 3.48. The van der Waals surface area contributed by atoms with Gasteiger partial charge in [-0.25, -0.2) is 15.0 Å². The molecular formula is C23H18ClF3N4O2. The van der Waals surface area contributed by atoms with Crippen LogP contribution in [-0.4, -0.2) is 38.4 Å². The van der Waals surface area contributed by atoms with Crippen molar-refractivity contribution in [3.63, 3.8) is 0 Å². The molecule has 0 atom stereocenters. The number of benzene rings is 1. The van der Waals surface area contributed by atoms with E-state index >= 15 is 0 Å². The van der Waals surface area contributed by atoms with Crippen molar-refractivity contribution >= 4 is 23.0 Å². The maximum Gasteiger partial charge on any atom is 0.389 e. The molecule has 4 rings (SSSR count). The first-order valence-corrected chi connectivity index (χ1v) is 10.3. The van der Waals surface area contributed by atoms with E-state index in [0.29, 0.717) is 22.7 Å². The van der Waals surface area contributed by atoms with Crippen LogP contribution < -0.4 is 4.74 Å². The minimum atomic E-state index is -4.34. The van der Waals surface area contributed by atoms with Crippen molar-refractivity contribution in [2.45, 2.75) is 25.4 Å². The van der Waals surface area contributed by atoms with Crippen molar-refractivity contribution in [3.05, 3.63) is 65.8 Å². The number of nitrogens with zero attached hydrogens (tertiary/aromatic N) is 4. The largest absolute Gasteiger partial charge is 0.493 e. The molecule has 0 radical (unpaired) electrons. The number of ether oxygens (including phenoxy) is 1. The van der Waals surface area contributed by atoms with Crippen LogP contribution in [0.1, 0.15) is 18.4 Å². The summed E-state index contributed by atoms with van der Waals surface area (Å²) >= 11 is 5.94. The van der Waals surface area contributed by atoms with Gasteiger partial charge in [0.05, 0.1) is 31.6 Å². The molecule has 0 spiro atoms. The van der Waals surface area contributed by atoms with E-state index in [4.69, 9.17) is 16.3 Å². The Bertz CT molecular complexity index is 1320. The summed E-state index contributed by atoms with van der Waals surface area (Å²) in [6, 6.07) is 10.8. The average molecular weight is 475 g/mol. The smallest absolute Gasteiger partial charge is 0.389 e. The van der Waals surface area contributed by atoms with Crippen LogP contribution in [0.2, 0.25) is 5.28 Å². The lowest BCUT2D eigenvalue weighted by molar-refractivity contribution is -0.143. The third kappa shape index (κ3) is 5.31. The molecule has 4 aromatic rings. The van der Waals surface area contributed by atoms with E-state index in [0.717, 1.165) is 16.8 Å². The summed E-state index contributed by atoms with van der Waals surface area (Å²) in [5.41, 5.74) is 4.12. The lowest BCUT2D eigenvalue weighted by Crippen LogP contribution is -2.12. The molecule has 0 aliphatic carbocycles. The van der Waals surface area contributed by atoms with Gasteiger partial charge in [0.1, 0.15) is 17.1 Å². The molecule has 3 heterocycles. The molecule has 170 valence electrons. The lowest BCUT2D eigenvalue weighted by Gasteiger charge is -2.09. The van der Waals surface area contributed by atoms with Gasteiger partial charge < -0.3 is 4.74 Å². The van der Waals surface area contributed by atoms with Crippen LogP contribution in [0.5, 0.6) is 5.75 Å². The predicted molar refractivity (Wildman–Crippen MR) is 117 cm³/mol. The second-order valence-corrected chi connectivity index (χ2v) is 7.71. The highest BCUT2D eigenvalue weighted by Crippen LogP contribution is 2.30. The highest BCUT2D eigenvalue weighted by atomic mass is 35.5. The Kier molecular flexibility index (Phi) is 6.33. The van der Waals surface area contributed by atoms with Crippen LogP contribution in [0.25, 0.3) is 28.2 Å². The number of imidazole rings is 1. The van der Waals surface area contributed by atoms with Gasteiger partial charge in [0.25, 0.3) is 0 Å². The second kappa shape index (κ2) is 9.19. The van der Waals surface area contributed by atoms with Crippen LogP contribution in [0.15, 0.2) is 55.0 Å². The van der Waals surface area contributed by atoms with Crippen LogP contribution in [-0.2, 0) is 11.2 Å². The number of halogens is 4. The molecule has 10 heteroatoms. The maximum absolute atomic E-state index is 12.4. The van der Waals surface area contributed by atoms with Crippen molar-refractivity contribution in [2.24, 2.45) is 0 Å². The van der Waals surface area contributed by atoms with E-state index in [9.17, 15) is 18.0 Å². The number of alkyl halides is 3. The Labute approximate surface area is 192 Å². The number of carbonyl (C=O) groups is 1. The first-order chi connectivity index (χ1) is 15.7. The predicted octanol–water partition coefficient (Wildman–Crippen LogP) is 5.57. The number of Topliss-reactive ketones (excluding diaryl/α,β-unsaturated/α-hetero) is 1. The Morgan fingerprint density at radius 2 is 1.94 bits per heavy atom. The molecule has 0 bridgehead atoms. The fraction of sp³-hybridized carbons (Fsp3) is 0.217. The SMILES string of the molecule is COc1cnc(Cl)nc1-c1ccn2c(-c3cccc(CC(=O)CCC(F)(F)F)c3)cnc2c1. The van der Waals surface area contributed by atoms with Gasteiger partial charge in [0.2, 0.25) is 5.28 Å². The number of rotatable bonds is 7. The van der Waals surface area contributed by atoms with E-state index in [2.05, 4.69) is 15.0 Å². The molecular weight excluding hydrogens is 457 g/mol. The first kappa shape index (κ1) is 22.7. The van der Waals surface area contributed by atoms with Gasteiger partial charge in [-0.2, -0.15) is 13.2 Å². The maximum atomic E-state index is 12.4. The lowest BCUT2D eigenvalue weighted by atomic mass is 10.0. The van der Waals surface area contributed by atoms with Gasteiger partial charge in [-0.15, -0.1) is 0 Å². The van der Waals surface area contributed by atoms with Crippen molar-refractivity contribution < 1.29 is 22.7 Å². The average Bonchev–Trinajstić information content (AvgIpc) is 3.21. The third-order valence-electron chi connectivity index (χ3n) is 5.04. The van der Waals surface area contributed by atoms with Gasteiger partial charge in [-0.1, -0.05) is 18.2 Å². The van der Waals surface area contributed by atoms with E-state index in [1.165, 1.54) is 13.3 Å². The van der Waals surface area contributed by atoms with Gasteiger partial charge in [-0.05, 0) is 35.4 Å². The molecule has 0 N–H and O–H groups in total. The summed E-state index contributed by atoms with van der Waals surface area (Å²) in [6.45, 7) is 0. The number of hydrogen-bond donors (Lipinski definition) is 0. The van der Waals surface area contributed by atoms with E-state index in [-0.39, 0.29) is 11.7 Å². The van der Waals surface area contributed by atoms with Crippen molar-refractivity contribution in [3.8, 4) is 28.3 Å². The number of carbonyl (C=O) groups excluding carboxylic acids is 1. The summed E-state index contributed by atoms with van der Waals surface area (Å²) < 4.78 is 44.3. The molecule has 3 aromatic heterocycles. The van der Waals surface area contributed by atoms with E-state index in [1.807, 2.05) is 28.8 Å². The number of pyridine rings is 1. The summed E-state index contributed by atoms with van der Waals surface area (Å²) in [5, 5.41) is 0.0938. The minimum absolute atomic E-state index is 0.0565. The van der Waals surface area contributed by atoms with Gasteiger partial charge in [-0.3, -0.25) is 9.20 Å². The van der Waals surface area contributed by atoms with Crippen molar-refractivity contribution in [2.75, 3.05) is 7.11 Å². The topological polar surface area (TPSA) is 69.4 Å². The number of ketones is 1. The van der Waals surface area contributed by atoms with E-state index < -0.39 is 24.8 Å². The Hall–Kier alpha value is -3.46. The molecule has 0 aliphatic heterocycles. The molecule has 1 aromatic carbocycles. The van der Waals surface area contributed by atoms with Gasteiger partial charge in [0.15, 0.2) is 5.75 Å². The summed E-state index contributed by atoms with van der Waals surface area (Å²) in [7, 11) is 1.52. The Balaban J connectivity index is 1.61. The normalized spacial score (nSPS) is 11.7. The van der Waals surface area contributed by atoms with Crippen LogP contribution in [0.3, 0.4) is 0 Å². The summed E-state index contributed by atoms with van der Waals surface area (Å²) in [4.78, 5) is 24.6. The Morgan fingerprint density at radius 3 is 2.70 bits per heavy atom. The molecule has 0 saturated carbocycles. The Morgan fingerprint density at radius 1 is 1.12 bits per heavy atom. The zero-order valence-electron chi connectivity index (χ0n) is 17.4. The molecule has 0 amide bonds. The standard InChI is InChI=1S/C23H18ClF3N4O2/c1-33-19-13-29-22(24)30-21(19)16-6-8-31-18(12-28-20(31)11-16)15-4-2-3-14(9-15)10-17(32)5-7-23(25,26)27/h2-4,6,8-9,11-13H,5,7,10H2,1H3. The van der Waals surface area contributed by atoms with Crippen LogP contribution >= 0.6 is 11.6 Å². The molecule has 0 saturated heterocycles. The quantitative estimate of drug-likeness (QED) is 0.327. The molecule has 0 unspecified atom stereocenters. The zero-order chi connectivity index (χ0) is 23.6. The number of fused-ring (bicyclic) bond motifs is 1. The first-order valence-electron chi connectivity index (χ1n) is 9.95. The molecule has 6 nitrogen and oxygen atoms in total. The fourth-order valence-corrected chi connectivity index (χ4v) is 3.62. The van der Waals surface area contributed by atoms with Crippen LogP contribution in [0, 0.1) is 0 Å². The summed E-state index contributed by atoms with van der Waals surface area (Å²) in [6.07, 6.45) is -1.02. The summed E-state index contributed by atoms with van der Waals surface area (Å²) in [5.74, 6) is 0.0168. The monoisotopic (exact) mass is 474 g/mol. The number of methoxy groups -OCH3 is 1. The van der Waals surface area contributed by atoms with Gasteiger partial charge >= 0.3 is 6.18 Å². The number of aromatic nitrogens is 4. The highest BCUT2D eigenvalue weighted by molar-refractivity contribution is 6.28. The zero-order valence-corrected chi connectivity index (χ0v) is 18.2. The van der Waals surface area contributed by atoms with Gasteiger partial charge in [0, 0.05) is 30.2 Å². The number of hydrogen-bond acceptors (Lipinski definition) is 5. The highest BCUT2D eigenvalue weighted by Gasteiger charge is 2.27. The third-order valence-corrected chi connectivity index (χ3v) is 5.23. The van der Waals surface area contributed by atoms with Crippen molar-refractivity contribution in [1.82, 2.24) is 19.4 Å². The van der Waals surface area contributed by atoms with E-state index in [1.54, 1.807) is 24.4 Å². The molecule has 0 fully saturated rings. The molecule has 0 aliphatic rings.